The Bertz CT molecular complexity index is 202. The number of nitrogens with two attached hydrogens (primary N) is 1. The Balaban J connectivity index is 0.000000385. The zero-order valence-electron chi connectivity index (χ0n) is 10.6. The van der Waals surface area contributed by atoms with Crippen molar-refractivity contribution in [1.29, 1.82) is 0 Å². The predicted octanol–water partition coefficient (Wildman–Crippen LogP) is 2.79. The molecule has 0 aliphatic heterocycles. The minimum Gasteiger partial charge on any atom is -0.468 e. The van der Waals surface area contributed by atoms with Crippen LogP contribution in [0, 0.1) is 0 Å². The molecule has 1 atom stereocenters. The number of hydrogen-bond acceptors (Lipinski definition) is 3. The molecule has 0 amide bonds. The second-order valence-electron chi connectivity index (χ2n) is 3.97. The van der Waals surface area contributed by atoms with Gasteiger partial charge in [0.25, 0.3) is 6.47 Å². The fraction of sp³-hybridized carbons (Fsp3) is 0.769. The van der Waals surface area contributed by atoms with Crippen molar-refractivity contribution in [2.24, 2.45) is 5.73 Å². The van der Waals surface area contributed by atoms with Gasteiger partial charge in [-0.3, -0.25) is 4.79 Å². The molecule has 1 fully saturated rings. The average Bonchev–Trinajstić information content (AvgIpc) is 2.67. The highest BCUT2D eigenvalue weighted by Crippen LogP contribution is 2.23. The molecular weight excluding hydrogens is 202 g/mol. The third-order valence-electron chi connectivity index (χ3n) is 2.66. The number of allylic oxidation sites excluding steroid dienone is 1. The van der Waals surface area contributed by atoms with Gasteiger partial charge in [-0.1, -0.05) is 31.4 Å². The molecule has 1 saturated carbocycles. The van der Waals surface area contributed by atoms with Crippen LogP contribution in [-0.2, 0) is 9.53 Å². The van der Waals surface area contributed by atoms with Gasteiger partial charge in [0.2, 0.25) is 0 Å². The van der Waals surface area contributed by atoms with Gasteiger partial charge in [0, 0.05) is 6.04 Å². The fourth-order valence-corrected chi connectivity index (χ4v) is 1.71. The Morgan fingerprint density at radius 3 is 2.62 bits per heavy atom. The van der Waals surface area contributed by atoms with Gasteiger partial charge in [-0.05, 0) is 32.6 Å². The van der Waals surface area contributed by atoms with Gasteiger partial charge >= 0.3 is 0 Å². The highest BCUT2D eigenvalue weighted by Gasteiger charge is 2.15. The first-order valence-corrected chi connectivity index (χ1v) is 6.26. The van der Waals surface area contributed by atoms with Crippen LogP contribution in [0.15, 0.2) is 11.6 Å². The maximum atomic E-state index is 9.18. The van der Waals surface area contributed by atoms with Crippen molar-refractivity contribution in [2.45, 2.75) is 58.4 Å². The Labute approximate surface area is 99.0 Å². The van der Waals surface area contributed by atoms with Crippen molar-refractivity contribution >= 4 is 6.47 Å². The average molecular weight is 227 g/mol. The Morgan fingerprint density at radius 1 is 1.50 bits per heavy atom. The molecule has 3 nitrogen and oxygen atoms in total. The highest BCUT2D eigenvalue weighted by atomic mass is 16.5. The molecule has 94 valence electrons. The van der Waals surface area contributed by atoms with Crippen LogP contribution in [0.1, 0.15) is 52.4 Å². The van der Waals surface area contributed by atoms with Gasteiger partial charge in [-0.25, -0.2) is 0 Å². The number of ether oxygens (including phenoxy) is 1. The molecule has 1 unspecified atom stereocenters. The number of carbonyl (C=O) groups excluding carboxylic acids is 1. The second-order valence-corrected chi connectivity index (χ2v) is 3.97. The number of carbonyl (C=O) groups is 1. The molecule has 3 heteroatoms. The summed E-state index contributed by atoms with van der Waals surface area (Å²) < 4.78 is 4.15. The Morgan fingerprint density at radius 2 is 2.25 bits per heavy atom. The molecular formula is C13H25NO2. The van der Waals surface area contributed by atoms with E-state index in [1.807, 2.05) is 0 Å². The molecule has 0 aromatic heterocycles. The quantitative estimate of drug-likeness (QED) is 0.446. The third-order valence-corrected chi connectivity index (χ3v) is 2.66. The van der Waals surface area contributed by atoms with Crippen LogP contribution >= 0.6 is 0 Å². The van der Waals surface area contributed by atoms with Crippen molar-refractivity contribution in [3.8, 4) is 0 Å². The van der Waals surface area contributed by atoms with E-state index in [9.17, 15) is 4.79 Å². The van der Waals surface area contributed by atoms with E-state index >= 15 is 0 Å². The van der Waals surface area contributed by atoms with E-state index < -0.39 is 0 Å². The first-order valence-electron chi connectivity index (χ1n) is 6.26. The van der Waals surface area contributed by atoms with Crippen LogP contribution in [0.25, 0.3) is 0 Å². The van der Waals surface area contributed by atoms with E-state index in [-0.39, 0.29) is 0 Å². The summed E-state index contributed by atoms with van der Waals surface area (Å²) in [7, 11) is 0. The van der Waals surface area contributed by atoms with Crippen molar-refractivity contribution < 1.29 is 9.53 Å². The van der Waals surface area contributed by atoms with Crippen LogP contribution in [0.3, 0.4) is 0 Å². The van der Waals surface area contributed by atoms with Crippen LogP contribution in [-0.4, -0.2) is 19.1 Å². The molecule has 1 aliphatic rings. The number of hydrogen-bond donors (Lipinski definition) is 1. The summed E-state index contributed by atoms with van der Waals surface area (Å²) in [5.74, 6) is 0. The van der Waals surface area contributed by atoms with Crippen molar-refractivity contribution in [3.05, 3.63) is 11.6 Å². The summed E-state index contributed by atoms with van der Waals surface area (Å²) >= 11 is 0. The van der Waals surface area contributed by atoms with E-state index in [2.05, 4.69) is 17.7 Å². The lowest BCUT2D eigenvalue weighted by Crippen LogP contribution is -2.16. The lowest BCUT2D eigenvalue weighted by molar-refractivity contribution is -0.128. The highest BCUT2D eigenvalue weighted by molar-refractivity contribution is 5.36. The normalized spacial score (nSPS) is 21.4. The van der Waals surface area contributed by atoms with Crippen LogP contribution in [0.5, 0.6) is 0 Å². The topological polar surface area (TPSA) is 52.3 Å². The summed E-state index contributed by atoms with van der Waals surface area (Å²) in [4.78, 5) is 9.18. The van der Waals surface area contributed by atoms with Gasteiger partial charge in [0.15, 0.2) is 0 Å². The SMILES string of the molecule is CCCCC=C1CCCC1N.CCOC=O. The molecule has 0 aromatic rings. The molecule has 1 aliphatic carbocycles. The van der Waals surface area contributed by atoms with Gasteiger partial charge < -0.3 is 10.5 Å². The maximum absolute atomic E-state index is 9.18. The minimum atomic E-state index is 0.395. The smallest absolute Gasteiger partial charge is 0.293 e. The van der Waals surface area contributed by atoms with Crippen LogP contribution < -0.4 is 5.73 Å². The summed E-state index contributed by atoms with van der Waals surface area (Å²) in [6.45, 7) is 4.89. The van der Waals surface area contributed by atoms with Gasteiger partial charge in [0.05, 0.1) is 6.61 Å². The first-order chi connectivity index (χ1) is 7.76. The monoisotopic (exact) mass is 227 g/mol. The van der Waals surface area contributed by atoms with Crippen LogP contribution in [0.2, 0.25) is 0 Å². The third kappa shape index (κ3) is 7.46. The lowest BCUT2D eigenvalue weighted by atomic mass is 10.1. The molecule has 0 aromatic carbocycles. The van der Waals surface area contributed by atoms with E-state index in [0.717, 1.165) is 0 Å². The van der Waals surface area contributed by atoms with E-state index in [1.54, 1.807) is 6.92 Å². The predicted molar refractivity (Wildman–Crippen MR) is 67.1 cm³/mol. The molecule has 0 bridgehead atoms. The largest absolute Gasteiger partial charge is 0.468 e. The van der Waals surface area contributed by atoms with Gasteiger partial charge in [0.1, 0.15) is 0 Å². The second kappa shape index (κ2) is 10.7. The summed E-state index contributed by atoms with van der Waals surface area (Å²) in [5, 5.41) is 0. The molecule has 0 heterocycles. The molecule has 1 rings (SSSR count). The Kier molecular flexibility index (Phi) is 10.1. The Hall–Kier alpha value is -0.830. The van der Waals surface area contributed by atoms with Crippen molar-refractivity contribution in [3.63, 3.8) is 0 Å². The molecule has 2 N–H and O–H groups in total. The van der Waals surface area contributed by atoms with Gasteiger partial charge in [-0.15, -0.1) is 0 Å². The fourth-order valence-electron chi connectivity index (χ4n) is 1.71. The number of rotatable bonds is 5. The number of unbranched alkanes of at least 4 members (excludes halogenated alkanes) is 2. The summed E-state index contributed by atoms with van der Waals surface area (Å²) in [6.07, 6.45) is 9.97. The van der Waals surface area contributed by atoms with E-state index in [4.69, 9.17) is 5.73 Å². The minimum absolute atomic E-state index is 0.395. The van der Waals surface area contributed by atoms with E-state index in [1.165, 1.54) is 44.1 Å². The molecule has 0 radical (unpaired) electrons. The standard InChI is InChI=1S/C10H19N.C3H6O2/c1-2-3-4-6-9-7-5-8-10(9)11;1-2-5-3-4/h6,10H,2-5,7-8,11H2,1H3;3H,2H2,1H3. The van der Waals surface area contributed by atoms with Crippen LogP contribution in [0.4, 0.5) is 0 Å². The molecule has 0 spiro atoms. The lowest BCUT2D eigenvalue weighted by Gasteiger charge is -2.03. The first kappa shape index (κ1) is 15.2. The maximum Gasteiger partial charge on any atom is 0.293 e. The van der Waals surface area contributed by atoms with Gasteiger partial charge in [-0.2, -0.15) is 0 Å². The summed E-state index contributed by atoms with van der Waals surface area (Å²) in [6, 6.07) is 0.395. The van der Waals surface area contributed by atoms with Crippen molar-refractivity contribution in [2.75, 3.05) is 6.61 Å². The zero-order valence-corrected chi connectivity index (χ0v) is 10.6. The van der Waals surface area contributed by atoms with Crippen molar-refractivity contribution in [1.82, 2.24) is 0 Å². The molecule has 0 saturated heterocycles. The van der Waals surface area contributed by atoms with E-state index in [0.29, 0.717) is 19.1 Å². The molecule has 16 heavy (non-hydrogen) atoms. The summed E-state index contributed by atoms with van der Waals surface area (Å²) in [5.41, 5.74) is 7.41. The zero-order chi connectivity index (χ0) is 12.2.